The van der Waals surface area contributed by atoms with Crippen LogP contribution >= 0.6 is 0 Å². The summed E-state index contributed by atoms with van der Waals surface area (Å²) in [6.45, 7) is 10.2. The molecule has 1 fully saturated rings. The molecule has 0 unspecified atom stereocenters. The number of hydrogen-bond donors (Lipinski definition) is 1. The van der Waals surface area contributed by atoms with Crippen LogP contribution in [-0.4, -0.2) is 60.1 Å². The first kappa shape index (κ1) is 18.3. The summed E-state index contributed by atoms with van der Waals surface area (Å²) in [6.07, 6.45) is 1.30. The number of nitrogens with one attached hydrogen (secondary N) is 1. The fourth-order valence-electron chi connectivity index (χ4n) is 2.51. The summed E-state index contributed by atoms with van der Waals surface area (Å²) in [7, 11) is 0. The van der Waals surface area contributed by atoms with Gasteiger partial charge in [0.1, 0.15) is 11.4 Å². The van der Waals surface area contributed by atoms with Gasteiger partial charge in [-0.1, -0.05) is 0 Å². The topological polar surface area (TPSA) is 75.0 Å². The number of rotatable bonds is 4. The largest absolute Gasteiger partial charge is 0.467 e. The first-order valence-corrected chi connectivity index (χ1v) is 8.27. The molecule has 2 heterocycles. The van der Waals surface area contributed by atoms with E-state index in [-0.39, 0.29) is 18.0 Å². The van der Waals surface area contributed by atoms with Gasteiger partial charge < -0.3 is 19.4 Å². The number of ether oxygens (including phenoxy) is 1. The van der Waals surface area contributed by atoms with Crippen LogP contribution in [0.1, 0.15) is 39.5 Å². The highest BCUT2D eigenvalue weighted by Crippen LogP contribution is 2.13. The van der Waals surface area contributed by atoms with Crippen molar-refractivity contribution in [2.75, 3.05) is 32.7 Å². The predicted molar refractivity (Wildman–Crippen MR) is 89.5 cm³/mol. The monoisotopic (exact) mass is 337 g/mol. The van der Waals surface area contributed by atoms with Gasteiger partial charge in [-0.05, 0) is 39.8 Å². The molecule has 0 aromatic carbocycles. The van der Waals surface area contributed by atoms with Crippen molar-refractivity contribution in [1.29, 1.82) is 0 Å². The van der Waals surface area contributed by atoms with E-state index in [0.717, 1.165) is 5.76 Å². The van der Waals surface area contributed by atoms with Crippen molar-refractivity contribution in [2.45, 2.75) is 39.3 Å². The summed E-state index contributed by atoms with van der Waals surface area (Å²) in [5, 5.41) is 2.92. The van der Waals surface area contributed by atoms with E-state index < -0.39 is 5.60 Å². The maximum atomic E-state index is 12.1. The Hall–Kier alpha value is -2.02. The summed E-state index contributed by atoms with van der Waals surface area (Å²) in [4.78, 5) is 27.9. The molecule has 0 spiro atoms. The maximum absolute atomic E-state index is 12.1. The van der Waals surface area contributed by atoms with Crippen LogP contribution in [0.2, 0.25) is 0 Å². The lowest BCUT2D eigenvalue weighted by Crippen LogP contribution is -2.52. The summed E-state index contributed by atoms with van der Waals surface area (Å²) in [6, 6.07) is 3.48. The number of carbonyl (C=O) groups excluding carboxylic acids is 2. The van der Waals surface area contributed by atoms with Crippen LogP contribution in [-0.2, 0) is 9.53 Å². The molecule has 134 valence electrons. The molecule has 1 aliphatic heterocycles. The Morgan fingerprint density at radius 1 is 1.29 bits per heavy atom. The zero-order valence-corrected chi connectivity index (χ0v) is 14.9. The van der Waals surface area contributed by atoms with Crippen LogP contribution in [0.3, 0.4) is 0 Å². The Morgan fingerprint density at radius 3 is 2.50 bits per heavy atom. The highest BCUT2D eigenvalue weighted by atomic mass is 16.6. The lowest BCUT2D eigenvalue weighted by atomic mass is 10.2. The smallest absolute Gasteiger partial charge is 0.410 e. The Labute approximate surface area is 142 Å². The highest BCUT2D eigenvalue weighted by Gasteiger charge is 2.26. The fourth-order valence-corrected chi connectivity index (χ4v) is 2.51. The lowest BCUT2D eigenvalue weighted by Gasteiger charge is -2.35. The minimum absolute atomic E-state index is 0.0513. The van der Waals surface area contributed by atoms with Crippen LogP contribution in [0.15, 0.2) is 22.8 Å². The fraction of sp³-hybridized carbons (Fsp3) is 0.647. The van der Waals surface area contributed by atoms with Crippen molar-refractivity contribution in [3.8, 4) is 0 Å². The van der Waals surface area contributed by atoms with Crippen molar-refractivity contribution in [3.63, 3.8) is 0 Å². The Balaban J connectivity index is 1.72. The average Bonchev–Trinajstić information content (AvgIpc) is 3.00. The highest BCUT2D eigenvalue weighted by molar-refractivity contribution is 5.78. The van der Waals surface area contributed by atoms with Gasteiger partial charge in [0.25, 0.3) is 0 Å². The van der Waals surface area contributed by atoms with Crippen molar-refractivity contribution >= 4 is 12.0 Å². The number of amides is 2. The van der Waals surface area contributed by atoms with Crippen LogP contribution in [0.25, 0.3) is 0 Å². The summed E-state index contributed by atoms with van der Waals surface area (Å²) in [5.41, 5.74) is -0.490. The Kier molecular flexibility index (Phi) is 5.88. The molecule has 7 nitrogen and oxygen atoms in total. The summed E-state index contributed by atoms with van der Waals surface area (Å²) >= 11 is 0. The number of furan rings is 1. The first-order chi connectivity index (χ1) is 11.2. The zero-order chi connectivity index (χ0) is 17.7. The van der Waals surface area contributed by atoms with Gasteiger partial charge in [-0.25, -0.2) is 4.79 Å². The third-order valence-electron chi connectivity index (χ3n) is 3.74. The third-order valence-corrected chi connectivity index (χ3v) is 3.74. The van der Waals surface area contributed by atoms with Gasteiger partial charge in [0, 0.05) is 26.2 Å². The van der Waals surface area contributed by atoms with Gasteiger partial charge in [0.05, 0.1) is 18.8 Å². The molecule has 1 aromatic heterocycles. The molecular formula is C17H27N3O4. The second kappa shape index (κ2) is 7.70. The summed E-state index contributed by atoms with van der Waals surface area (Å²) in [5.74, 6) is 0.683. The van der Waals surface area contributed by atoms with Gasteiger partial charge in [-0.2, -0.15) is 0 Å². The number of piperazine rings is 1. The van der Waals surface area contributed by atoms with Crippen LogP contribution < -0.4 is 5.32 Å². The third kappa shape index (κ3) is 5.56. The molecule has 0 bridgehead atoms. The zero-order valence-electron chi connectivity index (χ0n) is 14.9. The van der Waals surface area contributed by atoms with E-state index in [2.05, 4.69) is 5.32 Å². The van der Waals surface area contributed by atoms with Crippen molar-refractivity contribution in [3.05, 3.63) is 24.2 Å². The molecule has 1 saturated heterocycles. The molecule has 2 rings (SSSR count). The number of nitrogens with zero attached hydrogens (tertiary/aromatic N) is 2. The van der Waals surface area contributed by atoms with Crippen LogP contribution in [0.4, 0.5) is 4.79 Å². The molecule has 24 heavy (non-hydrogen) atoms. The van der Waals surface area contributed by atoms with Gasteiger partial charge >= 0.3 is 6.09 Å². The molecule has 1 aliphatic rings. The van der Waals surface area contributed by atoms with Crippen molar-refractivity contribution in [2.24, 2.45) is 0 Å². The lowest BCUT2D eigenvalue weighted by molar-refractivity contribution is -0.123. The molecule has 0 radical (unpaired) electrons. The molecule has 1 aromatic rings. The Bertz CT molecular complexity index is 543. The van der Waals surface area contributed by atoms with E-state index in [1.165, 1.54) is 0 Å². The maximum Gasteiger partial charge on any atom is 0.410 e. The second-order valence-electron chi connectivity index (χ2n) is 7.05. The van der Waals surface area contributed by atoms with E-state index in [0.29, 0.717) is 32.7 Å². The quantitative estimate of drug-likeness (QED) is 0.910. The van der Waals surface area contributed by atoms with Crippen LogP contribution in [0, 0.1) is 0 Å². The molecular weight excluding hydrogens is 310 g/mol. The summed E-state index contributed by atoms with van der Waals surface area (Å²) < 4.78 is 10.6. The SMILES string of the molecule is C[C@H](NC(=O)CN1CCN(C(=O)OC(C)(C)C)CC1)c1ccco1. The predicted octanol–water partition coefficient (Wildman–Crippen LogP) is 2.01. The number of hydrogen-bond acceptors (Lipinski definition) is 5. The Morgan fingerprint density at radius 2 is 1.96 bits per heavy atom. The molecule has 1 N–H and O–H groups in total. The minimum atomic E-state index is -0.490. The minimum Gasteiger partial charge on any atom is -0.467 e. The van der Waals surface area contributed by atoms with E-state index in [4.69, 9.17) is 9.15 Å². The molecule has 0 saturated carbocycles. The standard InChI is InChI=1S/C17H27N3O4/c1-13(14-6-5-11-23-14)18-15(21)12-19-7-9-20(10-8-19)16(22)24-17(2,3)4/h5-6,11,13H,7-10,12H2,1-4H3,(H,18,21)/t13-/m0/s1. The van der Waals surface area contributed by atoms with Gasteiger partial charge in [0.15, 0.2) is 0 Å². The molecule has 0 aliphatic carbocycles. The normalized spacial score (nSPS) is 17.4. The van der Waals surface area contributed by atoms with Gasteiger partial charge in [-0.3, -0.25) is 9.69 Å². The first-order valence-electron chi connectivity index (χ1n) is 8.27. The van der Waals surface area contributed by atoms with Crippen LogP contribution in [0.5, 0.6) is 0 Å². The van der Waals surface area contributed by atoms with E-state index >= 15 is 0 Å². The van der Waals surface area contributed by atoms with Gasteiger partial charge in [0.2, 0.25) is 5.91 Å². The second-order valence-corrected chi connectivity index (χ2v) is 7.05. The molecule has 7 heteroatoms. The average molecular weight is 337 g/mol. The van der Waals surface area contributed by atoms with E-state index in [9.17, 15) is 9.59 Å². The van der Waals surface area contributed by atoms with E-state index in [1.807, 2.05) is 38.7 Å². The molecule has 2 amide bonds. The van der Waals surface area contributed by atoms with Gasteiger partial charge in [-0.15, -0.1) is 0 Å². The molecule has 1 atom stereocenters. The van der Waals surface area contributed by atoms with E-state index in [1.54, 1.807) is 17.2 Å². The van der Waals surface area contributed by atoms with Crippen molar-refractivity contribution in [1.82, 2.24) is 15.1 Å². The van der Waals surface area contributed by atoms with Crippen molar-refractivity contribution < 1.29 is 18.7 Å². The number of carbonyl (C=O) groups is 2.